The van der Waals surface area contributed by atoms with Crippen molar-refractivity contribution >= 4 is 0 Å². The van der Waals surface area contributed by atoms with E-state index in [1.807, 2.05) is 0 Å². The summed E-state index contributed by atoms with van der Waals surface area (Å²) < 4.78 is 0. The summed E-state index contributed by atoms with van der Waals surface area (Å²) in [7, 11) is 2.26. The van der Waals surface area contributed by atoms with Crippen LogP contribution in [0.4, 0.5) is 0 Å². The number of unbranched alkanes of at least 4 members (excludes halogenated alkanes) is 1. The first-order chi connectivity index (χ1) is 6.24. The minimum atomic E-state index is 0.732. The fourth-order valence-electron chi connectivity index (χ4n) is 1.95. The van der Waals surface area contributed by atoms with Gasteiger partial charge in [-0.05, 0) is 39.8 Å². The highest BCUT2D eigenvalue weighted by atomic mass is 15.2. The van der Waals surface area contributed by atoms with E-state index in [0.29, 0.717) is 0 Å². The van der Waals surface area contributed by atoms with Gasteiger partial charge in [-0.3, -0.25) is 0 Å². The van der Waals surface area contributed by atoms with Crippen LogP contribution in [0.3, 0.4) is 0 Å². The first kappa shape index (κ1) is 11.0. The number of piperidine rings is 1. The van der Waals surface area contributed by atoms with Crippen LogP contribution in [0.2, 0.25) is 0 Å². The second kappa shape index (κ2) is 5.61. The van der Waals surface area contributed by atoms with Gasteiger partial charge in [0, 0.05) is 18.6 Å². The fourth-order valence-corrected chi connectivity index (χ4v) is 1.95. The lowest BCUT2D eigenvalue weighted by Gasteiger charge is -2.34. The van der Waals surface area contributed by atoms with Crippen molar-refractivity contribution in [2.24, 2.45) is 0 Å². The Hall–Kier alpha value is -0.0800. The third kappa shape index (κ3) is 3.65. The van der Waals surface area contributed by atoms with E-state index in [-0.39, 0.29) is 0 Å². The number of rotatable bonds is 4. The summed E-state index contributed by atoms with van der Waals surface area (Å²) in [5.41, 5.74) is 0. The Morgan fingerprint density at radius 2 is 2.15 bits per heavy atom. The van der Waals surface area contributed by atoms with Gasteiger partial charge in [-0.1, -0.05) is 13.3 Å². The molecule has 2 unspecified atom stereocenters. The molecule has 1 rings (SSSR count). The van der Waals surface area contributed by atoms with Gasteiger partial charge < -0.3 is 10.2 Å². The van der Waals surface area contributed by atoms with Crippen molar-refractivity contribution in [3.05, 3.63) is 0 Å². The van der Waals surface area contributed by atoms with E-state index in [4.69, 9.17) is 0 Å². The van der Waals surface area contributed by atoms with Crippen LogP contribution in [-0.2, 0) is 0 Å². The van der Waals surface area contributed by atoms with Gasteiger partial charge in [0.05, 0.1) is 0 Å². The van der Waals surface area contributed by atoms with Gasteiger partial charge in [0.2, 0.25) is 0 Å². The first-order valence-electron chi connectivity index (χ1n) is 5.67. The molecule has 1 fully saturated rings. The molecule has 2 heteroatoms. The van der Waals surface area contributed by atoms with Gasteiger partial charge >= 0.3 is 0 Å². The second-order valence-corrected chi connectivity index (χ2v) is 4.37. The number of nitrogens with one attached hydrogen (secondary N) is 1. The average molecular weight is 184 g/mol. The number of likely N-dealkylation sites (N-methyl/N-ethyl adjacent to an activating group) is 1. The zero-order chi connectivity index (χ0) is 9.68. The van der Waals surface area contributed by atoms with E-state index in [9.17, 15) is 0 Å². The predicted molar refractivity (Wildman–Crippen MR) is 58.0 cm³/mol. The van der Waals surface area contributed by atoms with E-state index in [1.165, 1.54) is 38.8 Å². The van der Waals surface area contributed by atoms with E-state index >= 15 is 0 Å². The van der Waals surface area contributed by atoms with Crippen LogP contribution >= 0.6 is 0 Å². The number of hydrogen-bond donors (Lipinski definition) is 1. The summed E-state index contributed by atoms with van der Waals surface area (Å²) in [6.07, 6.45) is 5.35. The van der Waals surface area contributed by atoms with Crippen molar-refractivity contribution in [3.8, 4) is 0 Å². The second-order valence-electron chi connectivity index (χ2n) is 4.37. The summed E-state index contributed by atoms with van der Waals surface area (Å²) in [6.45, 7) is 6.98. The molecule has 0 aliphatic carbocycles. The van der Waals surface area contributed by atoms with Crippen molar-refractivity contribution in [1.29, 1.82) is 0 Å². The minimum Gasteiger partial charge on any atom is -0.313 e. The average Bonchev–Trinajstić information content (AvgIpc) is 2.15. The Morgan fingerprint density at radius 3 is 2.69 bits per heavy atom. The summed E-state index contributed by atoms with van der Waals surface area (Å²) in [5.74, 6) is 0. The smallest absolute Gasteiger partial charge is 0.0218 e. The highest BCUT2D eigenvalue weighted by Gasteiger charge is 2.20. The molecule has 1 aliphatic heterocycles. The van der Waals surface area contributed by atoms with Crippen LogP contribution in [0.5, 0.6) is 0 Å². The molecular weight excluding hydrogens is 160 g/mol. The summed E-state index contributed by atoms with van der Waals surface area (Å²) in [4.78, 5) is 2.52. The maximum Gasteiger partial charge on any atom is 0.0218 e. The third-order valence-electron chi connectivity index (χ3n) is 3.12. The lowest BCUT2D eigenvalue weighted by atomic mass is 10.0. The van der Waals surface area contributed by atoms with Crippen LogP contribution in [0.25, 0.3) is 0 Å². The van der Waals surface area contributed by atoms with Crippen molar-refractivity contribution < 1.29 is 0 Å². The molecule has 0 aromatic carbocycles. The van der Waals surface area contributed by atoms with Crippen molar-refractivity contribution in [1.82, 2.24) is 10.2 Å². The lowest BCUT2D eigenvalue weighted by molar-refractivity contribution is 0.185. The molecule has 0 amide bonds. The molecule has 0 spiro atoms. The molecule has 1 aliphatic rings. The van der Waals surface area contributed by atoms with Crippen LogP contribution in [0.15, 0.2) is 0 Å². The van der Waals surface area contributed by atoms with Crippen LogP contribution < -0.4 is 5.32 Å². The Labute approximate surface area is 82.7 Å². The molecule has 0 aromatic heterocycles. The highest BCUT2D eigenvalue weighted by molar-refractivity contribution is 4.80. The zero-order valence-corrected chi connectivity index (χ0v) is 9.34. The van der Waals surface area contributed by atoms with Gasteiger partial charge in [0.1, 0.15) is 0 Å². The fraction of sp³-hybridized carbons (Fsp3) is 1.00. The van der Waals surface area contributed by atoms with Crippen molar-refractivity contribution in [2.45, 2.75) is 51.6 Å². The molecule has 1 N–H and O–H groups in total. The monoisotopic (exact) mass is 184 g/mol. The Morgan fingerprint density at radius 1 is 1.38 bits per heavy atom. The van der Waals surface area contributed by atoms with Crippen LogP contribution in [0.1, 0.15) is 39.5 Å². The number of hydrogen-bond acceptors (Lipinski definition) is 2. The van der Waals surface area contributed by atoms with Gasteiger partial charge in [-0.15, -0.1) is 0 Å². The molecule has 0 bridgehead atoms. The van der Waals surface area contributed by atoms with Crippen LogP contribution in [0, 0.1) is 0 Å². The first-order valence-corrected chi connectivity index (χ1v) is 5.67. The largest absolute Gasteiger partial charge is 0.313 e. The quantitative estimate of drug-likeness (QED) is 0.717. The summed E-state index contributed by atoms with van der Waals surface area (Å²) in [6, 6.07) is 1.51. The molecule has 2 nitrogen and oxygen atoms in total. The standard InChI is InChI=1S/C11H24N2/c1-4-5-8-13(3)11-7-6-10(2)12-9-11/h10-12H,4-9H2,1-3H3. The van der Waals surface area contributed by atoms with E-state index in [2.05, 4.69) is 31.1 Å². The number of nitrogens with zero attached hydrogens (tertiary/aromatic N) is 1. The highest BCUT2D eigenvalue weighted by Crippen LogP contribution is 2.12. The van der Waals surface area contributed by atoms with E-state index in [1.54, 1.807) is 0 Å². The van der Waals surface area contributed by atoms with Gasteiger partial charge in [0.25, 0.3) is 0 Å². The summed E-state index contributed by atoms with van der Waals surface area (Å²) in [5, 5.41) is 3.55. The van der Waals surface area contributed by atoms with Gasteiger partial charge in [0.15, 0.2) is 0 Å². The van der Waals surface area contributed by atoms with Crippen LogP contribution in [-0.4, -0.2) is 37.1 Å². The Balaban J connectivity index is 2.19. The third-order valence-corrected chi connectivity index (χ3v) is 3.12. The molecule has 1 heterocycles. The van der Waals surface area contributed by atoms with Crippen molar-refractivity contribution in [3.63, 3.8) is 0 Å². The Bertz CT molecular complexity index is 128. The molecule has 0 radical (unpaired) electrons. The SMILES string of the molecule is CCCCN(C)C1CCC(C)NC1. The molecule has 13 heavy (non-hydrogen) atoms. The minimum absolute atomic E-state index is 0.732. The van der Waals surface area contributed by atoms with Gasteiger partial charge in [-0.25, -0.2) is 0 Å². The lowest BCUT2D eigenvalue weighted by Crippen LogP contribution is -2.47. The molecule has 1 saturated heterocycles. The molecular formula is C11H24N2. The summed E-state index contributed by atoms with van der Waals surface area (Å²) >= 11 is 0. The van der Waals surface area contributed by atoms with Crippen molar-refractivity contribution in [2.75, 3.05) is 20.1 Å². The van der Waals surface area contributed by atoms with Gasteiger partial charge in [-0.2, -0.15) is 0 Å². The maximum atomic E-state index is 3.55. The predicted octanol–water partition coefficient (Wildman–Crippen LogP) is 1.86. The molecule has 0 aromatic rings. The van der Waals surface area contributed by atoms with E-state index < -0.39 is 0 Å². The molecule has 0 saturated carbocycles. The molecule has 78 valence electrons. The zero-order valence-electron chi connectivity index (χ0n) is 9.34. The topological polar surface area (TPSA) is 15.3 Å². The normalized spacial score (nSPS) is 29.5. The maximum absolute atomic E-state index is 3.55. The Kier molecular flexibility index (Phi) is 4.74. The molecule has 2 atom stereocenters. The van der Waals surface area contributed by atoms with E-state index in [0.717, 1.165) is 12.1 Å².